The summed E-state index contributed by atoms with van der Waals surface area (Å²) in [6, 6.07) is 14.6. The van der Waals surface area contributed by atoms with E-state index in [0.29, 0.717) is 23.4 Å². The number of hydrogen-bond acceptors (Lipinski definition) is 8. The van der Waals surface area contributed by atoms with Gasteiger partial charge in [-0.3, -0.25) is 4.79 Å². The number of tetrazole rings is 1. The molecule has 3 aromatic carbocycles. The molecule has 6 rings (SSSR count). The van der Waals surface area contributed by atoms with Gasteiger partial charge in [-0.25, -0.2) is 13.9 Å². The lowest BCUT2D eigenvalue weighted by Crippen LogP contribution is -2.52. The molecule has 0 aliphatic carbocycles. The van der Waals surface area contributed by atoms with E-state index in [9.17, 15) is 14.7 Å². The summed E-state index contributed by atoms with van der Waals surface area (Å²) in [5, 5.41) is 27.0. The van der Waals surface area contributed by atoms with Crippen molar-refractivity contribution in [1.82, 2.24) is 30.4 Å². The van der Waals surface area contributed by atoms with Crippen LogP contribution in [0, 0.1) is 5.82 Å². The van der Waals surface area contributed by atoms with E-state index in [2.05, 4.69) is 51.0 Å². The minimum atomic E-state index is -1.04. The number of carbonyl (C=O) groups is 2. The first kappa shape index (κ1) is 31.2. The van der Waals surface area contributed by atoms with Gasteiger partial charge in [0, 0.05) is 48.7 Å². The zero-order chi connectivity index (χ0) is 32.4. The van der Waals surface area contributed by atoms with Crippen LogP contribution in [-0.2, 0) is 17.6 Å². The van der Waals surface area contributed by atoms with Crippen LogP contribution in [0.1, 0.15) is 46.9 Å². The Morgan fingerprint density at radius 3 is 2.57 bits per heavy atom. The molecule has 46 heavy (non-hydrogen) atoms. The maximum Gasteiger partial charge on any atom is 0.335 e. The summed E-state index contributed by atoms with van der Waals surface area (Å²) in [4.78, 5) is 30.0. The van der Waals surface area contributed by atoms with E-state index in [4.69, 9.17) is 11.6 Å². The fourth-order valence-corrected chi connectivity index (χ4v) is 6.45. The van der Waals surface area contributed by atoms with Crippen LogP contribution in [0.25, 0.3) is 5.69 Å². The molecule has 11 nitrogen and oxygen atoms in total. The second kappa shape index (κ2) is 12.9. The summed E-state index contributed by atoms with van der Waals surface area (Å²) in [5.74, 6) is -1.89. The average Bonchev–Trinajstić information content (AvgIpc) is 3.58. The largest absolute Gasteiger partial charge is 0.478 e. The van der Waals surface area contributed by atoms with Crippen molar-refractivity contribution in [2.75, 3.05) is 36.4 Å². The molecule has 2 aliphatic heterocycles. The molecule has 238 valence electrons. The number of halogens is 2. The minimum absolute atomic E-state index is 0.0148. The fraction of sp³-hybridized carbons (Fsp3) is 0.303. The molecule has 0 saturated carbocycles. The van der Waals surface area contributed by atoms with Gasteiger partial charge in [0.05, 0.1) is 16.3 Å². The maximum absolute atomic E-state index is 15.3. The van der Waals surface area contributed by atoms with Crippen molar-refractivity contribution in [3.63, 3.8) is 0 Å². The van der Waals surface area contributed by atoms with Crippen molar-refractivity contribution < 1.29 is 19.1 Å². The Hall–Kier alpha value is -4.81. The number of amides is 1. The molecule has 3 heterocycles. The van der Waals surface area contributed by atoms with Crippen LogP contribution in [0.4, 0.5) is 15.8 Å². The molecular weight excluding hydrogens is 611 g/mol. The van der Waals surface area contributed by atoms with Crippen molar-refractivity contribution in [2.24, 2.45) is 0 Å². The van der Waals surface area contributed by atoms with Gasteiger partial charge in [0.2, 0.25) is 0 Å². The number of anilines is 2. The summed E-state index contributed by atoms with van der Waals surface area (Å²) in [6.45, 7) is 7.66. The van der Waals surface area contributed by atoms with Gasteiger partial charge in [0.15, 0.2) is 0 Å². The van der Waals surface area contributed by atoms with Crippen LogP contribution in [0.5, 0.6) is 0 Å². The summed E-state index contributed by atoms with van der Waals surface area (Å²) >= 11 is 6.16. The van der Waals surface area contributed by atoms with Crippen LogP contribution < -0.4 is 15.5 Å². The predicted molar refractivity (Wildman–Crippen MR) is 173 cm³/mol. The molecule has 4 aromatic rings. The number of allylic oxidation sites excluding steroid dienone is 1. The monoisotopic (exact) mass is 644 g/mol. The number of fused-ring (bicyclic) bond motifs is 1. The third kappa shape index (κ3) is 6.18. The third-order valence-corrected chi connectivity index (χ3v) is 8.82. The third-order valence-electron chi connectivity index (χ3n) is 8.53. The van der Waals surface area contributed by atoms with Crippen molar-refractivity contribution in [1.29, 1.82) is 0 Å². The van der Waals surface area contributed by atoms with Crippen LogP contribution in [-0.4, -0.2) is 73.8 Å². The fourth-order valence-electron chi connectivity index (χ4n) is 6.28. The highest BCUT2D eigenvalue weighted by molar-refractivity contribution is 6.30. The molecule has 0 spiro atoms. The van der Waals surface area contributed by atoms with Gasteiger partial charge >= 0.3 is 5.97 Å². The SMILES string of the molecule is CC1(C)Cc2c(cccc2N2CCNCC2)[C@@H](C(=O)Nc2ccc(C(=O)O)cc2)N1/C=C/Cc1c(-n2cnnn2)ccc(Cl)c1F. The van der Waals surface area contributed by atoms with E-state index in [1.165, 1.54) is 29.2 Å². The number of piperazine rings is 1. The van der Waals surface area contributed by atoms with Crippen LogP contribution >= 0.6 is 11.6 Å². The minimum Gasteiger partial charge on any atom is -0.478 e. The number of rotatable bonds is 8. The average molecular weight is 645 g/mol. The molecule has 13 heteroatoms. The molecule has 1 aromatic heterocycles. The number of benzene rings is 3. The lowest BCUT2D eigenvalue weighted by atomic mass is 9.80. The second-order valence-electron chi connectivity index (χ2n) is 12.0. The Morgan fingerprint density at radius 1 is 1.11 bits per heavy atom. The number of carboxylic acids is 1. The number of carbonyl (C=O) groups excluding carboxylic acids is 1. The van der Waals surface area contributed by atoms with Crippen molar-refractivity contribution in [2.45, 2.75) is 38.3 Å². The highest BCUT2D eigenvalue weighted by Gasteiger charge is 2.42. The Morgan fingerprint density at radius 2 is 1.87 bits per heavy atom. The molecule has 1 fully saturated rings. The van der Waals surface area contributed by atoms with E-state index in [1.54, 1.807) is 18.2 Å². The standard InChI is InChI=1S/C33H34ClFN8O3/c1-33(2)19-25-23(5-3-7-27(25)41-17-14-36-15-18-41)30(31(44)38-22-10-8-21(9-11-22)32(45)46)42(33)16-4-6-24-28(43-20-37-39-40-43)13-12-26(34)29(24)35/h3-5,7-13,16,20,30,36H,6,14-15,17-19H2,1-2H3,(H,38,44)(H,45,46)/b16-4+/t30-/m0/s1. The lowest BCUT2D eigenvalue weighted by Gasteiger charge is -2.49. The van der Waals surface area contributed by atoms with E-state index >= 15 is 4.39 Å². The van der Waals surface area contributed by atoms with Crippen LogP contribution in [0.15, 0.2) is 73.2 Å². The normalized spacial score (nSPS) is 17.6. The van der Waals surface area contributed by atoms with Crippen molar-refractivity contribution >= 4 is 34.9 Å². The Bertz CT molecular complexity index is 1770. The van der Waals surface area contributed by atoms with Crippen LogP contribution in [0.2, 0.25) is 5.02 Å². The highest BCUT2D eigenvalue weighted by Crippen LogP contribution is 2.43. The Balaban J connectivity index is 1.38. The van der Waals surface area contributed by atoms with Crippen molar-refractivity contribution in [3.05, 3.63) is 106 Å². The number of aromatic nitrogens is 4. The number of aromatic carboxylic acids is 1. The second-order valence-corrected chi connectivity index (χ2v) is 12.4. The summed E-state index contributed by atoms with van der Waals surface area (Å²) in [7, 11) is 0. The van der Waals surface area contributed by atoms with Gasteiger partial charge in [-0.2, -0.15) is 0 Å². The molecule has 3 N–H and O–H groups in total. The lowest BCUT2D eigenvalue weighted by molar-refractivity contribution is -0.122. The molecular formula is C33H34ClFN8O3. The van der Waals surface area contributed by atoms with Crippen LogP contribution in [0.3, 0.4) is 0 Å². The maximum atomic E-state index is 15.3. The zero-order valence-electron chi connectivity index (χ0n) is 25.5. The topological polar surface area (TPSA) is 129 Å². The van der Waals surface area contributed by atoms with E-state index in [0.717, 1.165) is 43.0 Å². The number of nitrogens with zero attached hydrogens (tertiary/aromatic N) is 6. The quantitative estimate of drug-likeness (QED) is 0.251. The predicted octanol–water partition coefficient (Wildman–Crippen LogP) is 4.64. The van der Waals surface area contributed by atoms with E-state index in [1.807, 2.05) is 29.3 Å². The number of carboxylic acid groups (broad SMARTS) is 1. The zero-order valence-corrected chi connectivity index (χ0v) is 26.2. The molecule has 2 aliphatic rings. The molecule has 1 amide bonds. The molecule has 0 bridgehead atoms. The first-order chi connectivity index (χ1) is 22.1. The Kier molecular flexibility index (Phi) is 8.74. The first-order valence-corrected chi connectivity index (χ1v) is 15.4. The van der Waals surface area contributed by atoms with E-state index in [-0.39, 0.29) is 22.9 Å². The van der Waals surface area contributed by atoms with E-state index < -0.39 is 23.4 Å². The van der Waals surface area contributed by atoms with Gasteiger partial charge < -0.3 is 25.5 Å². The first-order valence-electron chi connectivity index (χ1n) is 15.0. The molecule has 0 unspecified atom stereocenters. The van der Waals surface area contributed by atoms with Gasteiger partial charge in [0.25, 0.3) is 5.91 Å². The highest BCUT2D eigenvalue weighted by atomic mass is 35.5. The number of nitrogens with one attached hydrogen (secondary N) is 2. The molecule has 1 saturated heterocycles. The van der Waals surface area contributed by atoms with Gasteiger partial charge in [-0.05, 0) is 96.9 Å². The molecule has 0 radical (unpaired) electrons. The van der Waals surface area contributed by atoms with Gasteiger partial charge in [-0.1, -0.05) is 29.8 Å². The number of hydrogen-bond donors (Lipinski definition) is 3. The summed E-state index contributed by atoms with van der Waals surface area (Å²) < 4.78 is 16.7. The Labute approximate surface area is 270 Å². The molecule has 1 atom stereocenters. The summed E-state index contributed by atoms with van der Waals surface area (Å²) in [6.07, 6.45) is 5.89. The van der Waals surface area contributed by atoms with Gasteiger partial charge in [-0.15, -0.1) is 5.10 Å². The van der Waals surface area contributed by atoms with Gasteiger partial charge in [0.1, 0.15) is 18.2 Å². The smallest absolute Gasteiger partial charge is 0.335 e. The summed E-state index contributed by atoms with van der Waals surface area (Å²) in [5.41, 5.74) is 3.97. The van der Waals surface area contributed by atoms with Crippen molar-refractivity contribution in [3.8, 4) is 5.69 Å².